The molecule has 1 aliphatic heterocycles. The van der Waals surface area contributed by atoms with Gasteiger partial charge in [-0.3, -0.25) is 4.79 Å². The number of carbonyl (C=O) groups is 1. The zero-order valence-electron chi connectivity index (χ0n) is 8.07. The van der Waals surface area contributed by atoms with Crippen molar-refractivity contribution in [1.29, 1.82) is 0 Å². The molecule has 0 aromatic heterocycles. The second-order valence-corrected chi connectivity index (χ2v) is 4.38. The first kappa shape index (κ1) is 10.8. The van der Waals surface area contributed by atoms with Gasteiger partial charge in [-0.1, -0.05) is 18.2 Å². The lowest BCUT2D eigenvalue weighted by Gasteiger charge is -2.15. The monoisotopic (exact) mass is 243 g/mol. The van der Waals surface area contributed by atoms with Crippen molar-refractivity contribution < 1.29 is 4.79 Å². The summed E-state index contributed by atoms with van der Waals surface area (Å²) >= 11 is 11.8. The lowest BCUT2D eigenvalue weighted by molar-refractivity contribution is -0.117. The van der Waals surface area contributed by atoms with Crippen molar-refractivity contribution in [2.75, 3.05) is 17.3 Å². The second-order valence-electron chi connectivity index (χ2n) is 3.60. The molecule has 2 unspecified atom stereocenters. The van der Waals surface area contributed by atoms with Gasteiger partial charge in [0.1, 0.15) is 5.38 Å². The van der Waals surface area contributed by atoms with Crippen LogP contribution in [0.5, 0.6) is 0 Å². The van der Waals surface area contributed by atoms with E-state index in [-0.39, 0.29) is 11.8 Å². The molecule has 1 aliphatic rings. The molecule has 1 fully saturated rings. The highest BCUT2D eigenvalue weighted by atomic mass is 35.5. The van der Waals surface area contributed by atoms with Crippen molar-refractivity contribution >= 4 is 34.8 Å². The van der Waals surface area contributed by atoms with Crippen molar-refractivity contribution in [3.63, 3.8) is 0 Å². The molecule has 2 rings (SSSR count). The molecule has 15 heavy (non-hydrogen) atoms. The standard InChI is InChI=1S/C11H11Cl2NO/c12-6-8-7-14(11(15)10(8)13)9-4-2-1-3-5-9/h1-5,8,10H,6-7H2. The zero-order chi connectivity index (χ0) is 10.8. The minimum Gasteiger partial charge on any atom is -0.311 e. The normalized spacial score (nSPS) is 26.0. The van der Waals surface area contributed by atoms with E-state index in [1.54, 1.807) is 4.90 Å². The predicted octanol–water partition coefficient (Wildman–Crippen LogP) is 2.50. The highest BCUT2D eigenvalue weighted by Gasteiger charge is 2.39. The Morgan fingerprint density at radius 3 is 2.53 bits per heavy atom. The van der Waals surface area contributed by atoms with Crippen LogP contribution in [0.15, 0.2) is 30.3 Å². The van der Waals surface area contributed by atoms with E-state index in [0.29, 0.717) is 12.4 Å². The van der Waals surface area contributed by atoms with Gasteiger partial charge in [0, 0.05) is 24.0 Å². The fourth-order valence-electron chi connectivity index (χ4n) is 1.74. The third-order valence-electron chi connectivity index (χ3n) is 2.60. The summed E-state index contributed by atoms with van der Waals surface area (Å²) in [7, 11) is 0. The SMILES string of the molecule is O=C1C(Cl)C(CCl)CN1c1ccccc1. The van der Waals surface area contributed by atoms with Gasteiger partial charge in [-0.2, -0.15) is 0 Å². The number of amides is 1. The lowest BCUT2D eigenvalue weighted by atomic mass is 10.1. The van der Waals surface area contributed by atoms with Gasteiger partial charge in [-0.25, -0.2) is 0 Å². The van der Waals surface area contributed by atoms with Crippen LogP contribution in [-0.4, -0.2) is 23.7 Å². The quantitative estimate of drug-likeness (QED) is 0.732. The van der Waals surface area contributed by atoms with E-state index in [1.165, 1.54) is 0 Å². The summed E-state index contributed by atoms with van der Waals surface area (Å²) in [4.78, 5) is 13.5. The first-order valence-corrected chi connectivity index (χ1v) is 5.77. The Labute approximate surface area is 98.8 Å². The predicted molar refractivity (Wildman–Crippen MR) is 62.6 cm³/mol. The number of para-hydroxylation sites is 1. The maximum absolute atomic E-state index is 11.8. The molecule has 2 atom stereocenters. The lowest BCUT2D eigenvalue weighted by Crippen LogP contribution is -2.26. The summed E-state index contributed by atoms with van der Waals surface area (Å²) in [5.41, 5.74) is 0.890. The number of nitrogens with zero attached hydrogens (tertiary/aromatic N) is 1. The van der Waals surface area contributed by atoms with Crippen LogP contribution in [0.25, 0.3) is 0 Å². The van der Waals surface area contributed by atoms with Crippen LogP contribution >= 0.6 is 23.2 Å². The second kappa shape index (κ2) is 4.42. The van der Waals surface area contributed by atoms with E-state index >= 15 is 0 Å². The van der Waals surface area contributed by atoms with Gasteiger partial charge in [-0.15, -0.1) is 23.2 Å². The Morgan fingerprint density at radius 1 is 1.33 bits per heavy atom. The molecule has 2 nitrogen and oxygen atoms in total. The Hall–Kier alpha value is -0.730. The number of rotatable bonds is 2. The van der Waals surface area contributed by atoms with Gasteiger partial charge in [0.15, 0.2) is 0 Å². The molecule has 1 saturated heterocycles. The Kier molecular flexibility index (Phi) is 3.17. The van der Waals surface area contributed by atoms with Crippen molar-refractivity contribution in [1.82, 2.24) is 0 Å². The Morgan fingerprint density at radius 2 is 2.00 bits per heavy atom. The molecule has 0 saturated carbocycles. The highest BCUT2D eigenvalue weighted by molar-refractivity contribution is 6.34. The van der Waals surface area contributed by atoms with Crippen molar-refractivity contribution in [2.45, 2.75) is 5.38 Å². The highest BCUT2D eigenvalue weighted by Crippen LogP contribution is 2.28. The third-order valence-corrected chi connectivity index (χ3v) is 3.54. The largest absolute Gasteiger partial charge is 0.311 e. The number of benzene rings is 1. The minimum atomic E-state index is -0.484. The topological polar surface area (TPSA) is 20.3 Å². The summed E-state index contributed by atoms with van der Waals surface area (Å²) in [6, 6.07) is 9.53. The fraction of sp³-hybridized carbons (Fsp3) is 0.364. The summed E-state index contributed by atoms with van der Waals surface area (Å²) in [5.74, 6) is 0.415. The van der Waals surface area contributed by atoms with Crippen LogP contribution in [0.2, 0.25) is 0 Å². The third kappa shape index (κ3) is 1.97. The van der Waals surface area contributed by atoms with E-state index < -0.39 is 5.38 Å². The van der Waals surface area contributed by atoms with Crippen LogP contribution in [0.1, 0.15) is 0 Å². The van der Waals surface area contributed by atoms with E-state index in [0.717, 1.165) is 5.69 Å². The average Bonchev–Trinajstić information content (AvgIpc) is 2.57. The molecular formula is C11H11Cl2NO. The van der Waals surface area contributed by atoms with Gasteiger partial charge in [0.2, 0.25) is 5.91 Å². The fourth-order valence-corrected chi connectivity index (χ4v) is 2.39. The van der Waals surface area contributed by atoms with Crippen LogP contribution < -0.4 is 4.90 Å². The van der Waals surface area contributed by atoms with Crippen LogP contribution in [0.3, 0.4) is 0 Å². The average molecular weight is 244 g/mol. The van der Waals surface area contributed by atoms with Gasteiger partial charge in [0.25, 0.3) is 0 Å². The Bertz CT molecular complexity index is 355. The number of hydrogen-bond donors (Lipinski definition) is 0. The van der Waals surface area contributed by atoms with E-state index in [4.69, 9.17) is 23.2 Å². The Balaban J connectivity index is 2.23. The number of alkyl halides is 2. The number of halogens is 2. The number of carbonyl (C=O) groups excluding carboxylic acids is 1. The molecule has 0 spiro atoms. The van der Waals surface area contributed by atoms with Crippen LogP contribution in [-0.2, 0) is 4.79 Å². The molecular weight excluding hydrogens is 233 g/mol. The molecule has 1 aromatic rings. The van der Waals surface area contributed by atoms with Gasteiger partial charge >= 0.3 is 0 Å². The molecule has 0 bridgehead atoms. The smallest absolute Gasteiger partial charge is 0.245 e. The summed E-state index contributed by atoms with van der Waals surface area (Å²) in [6.45, 7) is 0.612. The molecule has 0 radical (unpaired) electrons. The zero-order valence-corrected chi connectivity index (χ0v) is 9.58. The first-order chi connectivity index (χ1) is 7.24. The molecule has 0 N–H and O–H groups in total. The molecule has 1 heterocycles. The molecule has 1 amide bonds. The molecule has 4 heteroatoms. The van der Waals surface area contributed by atoms with E-state index in [1.807, 2.05) is 30.3 Å². The summed E-state index contributed by atoms with van der Waals surface area (Å²) in [6.07, 6.45) is 0. The van der Waals surface area contributed by atoms with Crippen molar-refractivity contribution in [2.24, 2.45) is 5.92 Å². The van der Waals surface area contributed by atoms with Crippen molar-refractivity contribution in [3.8, 4) is 0 Å². The minimum absolute atomic E-state index is 0.0426. The van der Waals surface area contributed by atoms with Crippen LogP contribution in [0.4, 0.5) is 5.69 Å². The molecule has 1 aromatic carbocycles. The van der Waals surface area contributed by atoms with Gasteiger partial charge in [0.05, 0.1) is 0 Å². The molecule has 80 valence electrons. The molecule has 0 aliphatic carbocycles. The maximum atomic E-state index is 11.8. The van der Waals surface area contributed by atoms with E-state index in [2.05, 4.69) is 0 Å². The summed E-state index contributed by atoms with van der Waals surface area (Å²) in [5, 5.41) is -0.484. The summed E-state index contributed by atoms with van der Waals surface area (Å²) < 4.78 is 0. The van der Waals surface area contributed by atoms with E-state index in [9.17, 15) is 4.79 Å². The number of hydrogen-bond acceptors (Lipinski definition) is 1. The first-order valence-electron chi connectivity index (χ1n) is 4.80. The maximum Gasteiger partial charge on any atom is 0.245 e. The van der Waals surface area contributed by atoms with Gasteiger partial charge in [-0.05, 0) is 12.1 Å². The van der Waals surface area contributed by atoms with Crippen molar-refractivity contribution in [3.05, 3.63) is 30.3 Å². The van der Waals surface area contributed by atoms with Gasteiger partial charge < -0.3 is 4.90 Å². The van der Waals surface area contributed by atoms with Crippen LogP contribution in [0, 0.1) is 5.92 Å². The number of anilines is 1.